The molecule has 2 N–H and O–H groups in total. The average molecular weight is 494 g/mol. The third-order valence-electron chi connectivity index (χ3n) is 2.75. The summed E-state index contributed by atoms with van der Waals surface area (Å²) >= 11 is 10.1. The third kappa shape index (κ3) is 4.02. The van der Waals surface area contributed by atoms with E-state index in [1.807, 2.05) is 6.92 Å². The number of nitrogens with one attached hydrogen (secondary N) is 1. The molecule has 0 aliphatic rings. The van der Waals surface area contributed by atoms with E-state index in [-0.39, 0.29) is 11.3 Å². The zero-order valence-electron chi connectivity index (χ0n) is 11.5. The summed E-state index contributed by atoms with van der Waals surface area (Å²) in [7, 11) is 0. The zero-order chi connectivity index (χ0) is 16.3. The van der Waals surface area contributed by atoms with Crippen molar-refractivity contribution in [2.75, 3.05) is 11.9 Å². The van der Waals surface area contributed by atoms with Gasteiger partial charge in [0.1, 0.15) is 11.5 Å². The Bertz CT molecular complexity index is 696. The van der Waals surface area contributed by atoms with Crippen molar-refractivity contribution >= 4 is 59.4 Å². The highest BCUT2D eigenvalue weighted by Crippen LogP contribution is 2.36. The van der Waals surface area contributed by atoms with Crippen molar-refractivity contribution < 1.29 is 14.6 Å². The molecule has 0 atom stereocenters. The van der Waals surface area contributed by atoms with Gasteiger partial charge in [-0.2, -0.15) is 0 Å². The Morgan fingerprint density at radius 1 is 1.18 bits per heavy atom. The first-order valence-corrected chi connectivity index (χ1v) is 8.72. The smallest absolute Gasteiger partial charge is 0.259 e. The minimum absolute atomic E-state index is 0.0789. The second-order valence-electron chi connectivity index (χ2n) is 4.32. The van der Waals surface area contributed by atoms with E-state index in [1.165, 1.54) is 6.07 Å². The number of carbonyl (C=O) groups excluding carboxylic acids is 1. The van der Waals surface area contributed by atoms with Crippen LogP contribution in [0.3, 0.4) is 0 Å². The highest BCUT2D eigenvalue weighted by Gasteiger charge is 2.14. The van der Waals surface area contributed by atoms with Crippen LogP contribution in [0.2, 0.25) is 0 Å². The number of hydrogen-bond acceptors (Lipinski definition) is 3. The molecule has 0 saturated heterocycles. The molecule has 1 amide bonds. The van der Waals surface area contributed by atoms with Crippen LogP contribution in [-0.4, -0.2) is 17.6 Å². The van der Waals surface area contributed by atoms with Gasteiger partial charge in [-0.3, -0.25) is 4.79 Å². The van der Waals surface area contributed by atoms with Crippen LogP contribution in [-0.2, 0) is 0 Å². The Kier molecular flexibility index (Phi) is 5.88. The van der Waals surface area contributed by atoms with Crippen LogP contribution in [0.15, 0.2) is 43.7 Å². The first-order valence-electron chi connectivity index (χ1n) is 6.34. The number of aromatic hydroxyl groups is 1. The number of rotatable bonds is 4. The van der Waals surface area contributed by atoms with Crippen LogP contribution in [0.25, 0.3) is 0 Å². The van der Waals surface area contributed by atoms with Gasteiger partial charge in [0.25, 0.3) is 5.91 Å². The summed E-state index contributed by atoms with van der Waals surface area (Å²) in [5.74, 6) is 0.192. The van der Waals surface area contributed by atoms with E-state index in [0.717, 1.165) is 8.95 Å². The molecule has 116 valence electrons. The molecule has 2 aromatic rings. The van der Waals surface area contributed by atoms with Gasteiger partial charge in [-0.05, 0) is 69.1 Å². The second kappa shape index (κ2) is 7.48. The molecule has 4 nitrogen and oxygen atoms in total. The lowest BCUT2D eigenvalue weighted by Gasteiger charge is -2.12. The number of phenols is 1. The highest BCUT2D eigenvalue weighted by atomic mass is 79.9. The van der Waals surface area contributed by atoms with Crippen LogP contribution in [0, 0.1) is 0 Å². The van der Waals surface area contributed by atoms with Crippen molar-refractivity contribution in [2.24, 2.45) is 0 Å². The molecular weight excluding hydrogens is 482 g/mol. The predicted octanol–water partition coefficient (Wildman–Crippen LogP) is 5.33. The van der Waals surface area contributed by atoms with Gasteiger partial charge >= 0.3 is 0 Å². The predicted molar refractivity (Wildman–Crippen MR) is 96.8 cm³/mol. The lowest BCUT2D eigenvalue weighted by Crippen LogP contribution is -2.12. The van der Waals surface area contributed by atoms with Crippen molar-refractivity contribution in [3.05, 3.63) is 49.3 Å². The van der Waals surface area contributed by atoms with Crippen LogP contribution < -0.4 is 10.1 Å². The van der Waals surface area contributed by atoms with Gasteiger partial charge in [0.05, 0.1) is 21.1 Å². The molecule has 0 aliphatic heterocycles. The molecule has 22 heavy (non-hydrogen) atoms. The number of hydrogen-bond donors (Lipinski definition) is 2. The number of carbonyl (C=O) groups is 1. The van der Waals surface area contributed by atoms with Crippen molar-refractivity contribution in [1.82, 2.24) is 0 Å². The monoisotopic (exact) mass is 491 g/mol. The Labute approximate surface area is 153 Å². The van der Waals surface area contributed by atoms with Crippen molar-refractivity contribution in [2.45, 2.75) is 6.92 Å². The molecule has 0 heterocycles. The highest BCUT2D eigenvalue weighted by molar-refractivity contribution is 9.11. The Balaban J connectivity index is 2.27. The Morgan fingerprint density at radius 2 is 1.82 bits per heavy atom. The molecule has 0 aliphatic carbocycles. The molecule has 7 heteroatoms. The first-order chi connectivity index (χ1) is 10.4. The summed E-state index contributed by atoms with van der Waals surface area (Å²) in [6.45, 7) is 2.43. The van der Waals surface area contributed by atoms with Crippen molar-refractivity contribution in [3.63, 3.8) is 0 Å². The van der Waals surface area contributed by atoms with Crippen LogP contribution >= 0.6 is 47.8 Å². The summed E-state index contributed by atoms with van der Waals surface area (Å²) in [6.07, 6.45) is 0. The van der Waals surface area contributed by atoms with Gasteiger partial charge in [-0.1, -0.05) is 15.9 Å². The van der Waals surface area contributed by atoms with E-state index < -0.39 is 5.91 Å². The summed E-state index contributed by atoms with van der Waals surface area (Å²) in [5, 5.41) is 12.5. The maximum absolute atomic E-state index is 12.3. The average Bonchev–Trinajstić information content (AvgIpc) is 2.45. The Morgan fingerprint density at radius 3 is 2.41 bits per heavy atom. The fourth-order valence-corrected chi connectivity index (χ4v) is 3.58. The number of benzene rings is 2. The first kappa shape index (κ1) is 17.3. The minimum atomic E-state index is -0.401. The lowest BCUT2D eigenvalue weighted by atomic mass is 10.2. The maximum atomic E-state index is 12.3. The maximum Gasteiger partial charge on any atom is 0.259 e. The quantitative estimate of drug-likeness (QED) is 0.605. The molecule has 0 spiro atoms. The SMILES string of the molecule is CCOc1c(Br)cc(NC(=O)c2cc(Br)ccc2O)cc1Br. The molecule has 2 rings (SSSR count). The fraction of sp³-hybridized carbons (Fsp3) is 0.133. The van der Waals surface area contributed by atoms with E-state index in [0.29, 0.717) is 22.5 Å². The third-order valence-corrected chi connectivity index (χ3v) is 4.42. The second-order valence-corrected chi connectivity index (χ2v) is 6.94. The van der Waals surface area contributed by atoms with Gasteiger partial charge in [0.15, 0.2) is 0 Å². The van der Waals surface area contributed by atoms with Crippen molar-refractivity contribution in [3.8, 4) is 11.5 Å². The van der Waals surface area contributed by atoms with Crippen LogP contribution in [0.1, 0.15) is 17.3 Å². The van der Waals surface area contributed by atoms with Gasteiger partial charge in [0.2, 0.25) is 0 Å². The van der Waals surface area contributed by atoms with Crippen LogP contribution in [0.4, 0.5) is 5.69 Å². The molecule has 0 radical (unpaired) electrons. The standard InChI is InChI=1S/C15H12Br3NO3/c1-2-22-14-11(17)6-9(7-12(14)18)19-15(21)10-5-8(16)3-4-13(10)20/h3-7,20H,2H2,1H3,(H,19,21). The van der Waals surface area contributed by atoms with Crippen LogP contribution in [0.5, 0.6) is 11.5 Å². The topological polar surface area (TPSA) is 58.6 Å². The minimum Gasteiger partial charge on any atom is -0.507 e. The molecule has 0 saturated carbocycles. The van der Waals surface area contributed by atoms with Crippen molar-refractivity contribution in [1.29, 1.82) is 0 Å². The normalized spacial score (nSPS) is 10.4. The van der Waals surface area contributed by atoms with E-state index >= 15 is 0 Å². The van der Waals surface area contributed by atoms with E-state index in [1.54, 1.807) is 24.3 Å². The van der Waals surface area contributed by atoms with E-state index in [4.69, 9.17) is 4.74 Å². The number of amides is 1. The molecule has 0 bridgehead atoms. The van der Waals surface area contributed by atoms with Gasteiger partial charge in [-0.15, -0.1) is 0 Å². The molecule has 0 unspecified atom stereocenters. The van der Waals surface area contributed by atoms with E-state index in [2.05, 4.69) is 53.1 Å². The molecule has 2 aromatic carbocycles. The Hall–Kier alpha value is -1.05. The number of halogens is 3. The largest absolute Gasteiger partial charge is 0.507 e. The van der Waals surface area contributed by atoms with E-state index in [9.17, 15) is 9.90 Å². The van der Waals surface area contributed by atoms with Gasteiger partial charge < -0.3 is 15.2 Å². The molecular formula is C15H12Br3NO3. The molecule has 0 aromatic heterocycles. The molecule has 0 fully saturated rings. The lowest BCUT2D eigenvalue weighted by molar-refractivity contribution is 0.102. The summed E-state index contributed by atoms with van der Waals surface area (Å²) < 4.78 is 7.65. The summed E-state index contributed by atoms with van der Waals surface area (Å²) in [6, 6.07) is 8.16. The van der Waals surface area contributed by atoms with Gasteiger partial charge in [0, 0.05) is 10.2 Å². The fourth-order valence-electron chi connectivity index (χ4n) is 1.80. The number of ether oxygens (including phenoxy) is 1. The summed E-state index contributed by atoms with van der Waals surface area (Å²) in [5.41, 5.74) is 0.766. The van der Waals surface area contributed by atoms with Gasteiger partial charge in [-0.25, -0.2) is 0 Å². The number of anilines is 1. The summed E-state index contributed by atoms with van der Waals surface area (Å²) in [4.78, 5) is 12.3. The zero-order valence-corrected chi connectivity index (χ0v) is 16.2. The number of phenolic OH excluding ortho intramolecular Hbond substituents is 1.